The van der Waals surface area contributed by atoms with Crippen molar-refractivity contribution in [3.8, 4) is 0 Å². The summed E-state index contributed by atoms with van der Waals surface area (Å²) in [4.78, 5) is 16.4. The van der Waals surface area contributed by atoms with E-state index in [1.165, 1.54) is 17.5 Å². The number of amides is 1. The Balaban J connectivity index is 1.53. The van der Waals surface area contributed by atoms with Crippen LogP contribution < -0.4 is 0 Å². The Morgan fingerprint density at radius 2 is 2.09 bits per heavy atom. The van der Waals surface area contributed by atoms with Gasteiger partial charge in [0, 0.05) is 36.7 Å². The van der Waals surface area contributed by atoms with Gasteiger partial charge in [-0.2, -0.15) is 0 Å². The molecule has 0 bridgehead atoms. The Bertz CT molecular complexity index is 556. The molecule has 1 saturated heterocycles. The van der Waals surface area contributed by atoms with Gasteiger partial charge in [-0.1, -0.05) is 35.3 Å². The van der Waals surface area contributed by atoms with Crippen LogP contribution in [-0.4, -0.2) is 48.7 Å². The molecular weight excluding hydrogens is 356 g/mol. The summed E-state index contributed by atoms with van der Waals surface area (Å²) >= 11 is 3.56. The topological polar surface area (TPSA) is 32.8 Å². The zero-order valence-electron chi connectivity index (χ0n) is 13.8. The molecule has 0 radical (unpaired) electrons. The lowest BCUT2D eigenvalue weighted by Gasteiger charge is -2.37. The van der Waals surface area contributed by atoms with Gasteiger partial charge in [0.25, 0.3) is 0 Å². The molecule has 1 atom stereocenters. The Hall–Kier alpha value is -1.07. The number of ether oxygens (including phenoxy) is 1. The van der Waals surface area contributed by atoms with E-state index in [-0.39, 0.29) is 6.09 Å². The molecule has 0 spiro atoms. The van der Waals surface area contributed by atoms with Gasteiger partial charge in [0.15, 0.2) is 0 Å². The number of carbonyl (C=O) groups is 1. The molecule has 1 aliphatic heterocycles. The fourth-order valence-electron chi connectivity index (χ4n) is 3.55. The van der Waals surface area contributed by atoms with Gasteiger partial charge < -0.3 is 9.64 Å². The predicted octanol–water partition coefficient (Wildman–Crippen LogP) is 3.99. The third kappa shape index (κ3) is 3.89. The van der Waals surface area contributed by atoms with Crippen LogP contribution in [0.4, 0.5) is 4.79 Å². The number of unbranched alkanes of at least 4 members (excludes halogenated alkanes) is 1. The molecule has 5 heteroatoms. The fourth-order valence-corrected chi connectivity index (χ4v) is 3.96. The minimum Gasteiger partial charge on any atom is -0.449 e. The monoisotopic (exact) mass is 380 g/mol. The molecule has 3 rings (SSSR count). The van der Waals surface area contributed by atoms with Crippen molar-refractivity contribution in [2.75, 3.05) is 32.8 Å². The number of rotatable bonds is 4. The lowest BCUT2D eigenvalue weighted by atomic mass is 10.1. The molecule has 1 aromatic rings. The summed E-state index contributed by atoms with van der Waals surface area (Å²) in [7, 11) is 0. The normalized spacial score (nSPS) is 21.3. The van der Waals surface area contributed by atoms with Gasteiger partial charge in [-0.15, -0.1) is 0 Å². The number of piperazine rings is 1. The summed E-state index contributed by atoms with van der Waals surface area (Å²) in [5, 5.41) is 0. The van der Waals surface area contributed by atoms with Gasteiger partial charge in [-0.05, 0) is 42.5 Å². The lowest BCUT2D eigenvalue weighted by Crippen LogP contribution is -2.49. The van der Waals surface area contributed by atoms with E-state index in [9.17, 15) is 4.79 Å². The standard InChI is InChI=1S/C18H25BrN2O2/c1-2-3-12-23-18(22)21-10-8-20(9-11-21)17-7-4-14-13-15(19)5-6-16(14)17/h5-6,13,17H,2-4,7-12H2,1H3. The van der Waals surface area contributed by atoms with E-state index in [2.05, 4.69) is 46.0 Å². The first kappa shape index (κ1) is 16.8. The second kappa shape index (κ2) is 7.67. The van der Waals surface area contributed by atoms with Crippen LogP contribution in [0.1, 0.15) is 43.4 Å². The predicted molar refractivity (Wildman–Crippen MR) is 94.6 cm³/mol. The van der Waals surface area contributed by atoms with Gasteiger partial charge in [0.05, 0.1) is 6.61 Å². The summed E-state index contributed by atoms with van der Waals surface area (Å²) < 4.78 is 6.48. The van der Waals surface area contributed by atoms with Crippen LogP contribution in [-0.2, 0) is 11.2 Å². The second-order valence-electron chi connectivity index (χ2n) is 6.39. The molecule has 126 valence electrons. The molecule has 0 N–H and O–H groups in total. The van der Waals surface area contributed by atoms with Crippen molar-refractivity contribution in [3.05, 3.63) is 33.8 Å². The van der Waals surface area contributed by atoms with Gasteiger partial charge in [-0.25, -0.2) is 4.79 Å². The summed E-state index contributed by atoms with van der Waals surface area (Å²) in [5.41, 5.74) is 2.93. The minimum absolute atomic E-state index is 0.145. The largest absolute Gasteiger partial charge is 0.449 e. The summed E-state index contributed by atoms with van der Waals surface area (Å²) in [5.74, 6) is 0. The molecule has 1 aliphatic carbocycles. The first-order chi connectivity index (χ1) is 11.2. The number of nitrogens with zero attached hydrogens (tertiary/aromatic N) is 2. The van der Waals surface area contributed by atoms with Crippen molar-refractivity contribution in [2.45, 2.75) is 38.6 Å². The van der Waals surface area contributed by atoms with Crippen LogP contribution in [0.3, 0.4) is 0 Å². The number of fused-ring (bicyclic) bond motifs is 1. The van der Waals surface area contributed by atoms with Gasteiger partial charge >= 0.3 is 6.09 Å². The number of benzene rings is 1. The average Bonchev–Trinajstić information content (AvgIpc) is 2.98. The van der Waals surface area contributed by atoms with E-state index in [4.69, 9.17) is 4.74 Å². The molecular formula is C18H25BrN2O2. The molecule has 1 aromatic carbocycles. The zero-order valence-corrected chi connectivity index (χ0v) is 15.3. The Morgan fingerprint density at radius 1 is 1.30 bits per heavy atom. The van der Waals surface area contributed by atoms with Gasteiger partial charge in [-0.3, -0.25) is 4.90 Å². The zero-order chi connectivity index (χ0) is 16.2. The second-order valence-corrected chi connectivity index (χ2v) is 7.30. The van der Waals surface area contributed by atoms with Crippen molar-refractivity contribution in [1.29, 1.82) is 0 Å². The average molecular weight is 381 g/mol. The highest BCUT2D eigenvalue weighted by Crippen LogP contribution is 2.37. The molecule has 2 aliphatic rings. The number of carbonyl (C=O) groups excluding carboxylic acids is 1. The molecule has 1 fully saturated rings. The fraction of sp³-hybridized carbons (Fsp3) is 0.611. The van der Waals surface area contributed by atoms with Crippen LogP contribution in [0.25, 0.3) is 0 Å². The van der Waals surface area contributed by atoms with Crippen molar-refractivity contribution in [2.24, 2.45) is 0 Å². The summed E-state index contributed by atoms with van der Waals surface area (Å²) in [6.07, 6.45) is 4.19. The number of aryl methyl sites for hydroxylation is 1. The maximum Gasteiger partial charge on any atom is 0.409 e. The Kier molecular flexibility index (Phi) is 5.59. The third-order valence-corrected chi connectivity index (χ3v) is 5.38. The summed E-state index contributed by atoms with van der Waals surface area (Å²) in [6.45, 7) is 6.05. The minimum atomic E-state index is -0.145. The first-order valence-corrected chi connectivity index (χ1v) is 9.42. The van der Waals surface area contributed by atoms with Crippen LogP contribution in [0.5, 0.6) is 0 Å². The maximum absolute atomic E-state index is 12.0. The smallest absolute Gasteiger partial charge is 0.409 e. The Morgan fingerprint density at radius 3 is 2.83 bits per heavy atom. The van der Waals surface area contributed by atoms with Crippen molar-refractivity contribution in [1.82, 2.24) is 9.80 Å². The third-order valence-electron chi connectivity index (χ3n) is 4.89. The quantitative estimate of drug-likeness (QED) is 0.740. The van der Waals surface area contributed by atoms with E-state index in [1.807, 2.05) is 4.90 Å². The van der Waals surface area contributed by atoms with E-state index < -0.39 is 0 Å². The molecule has 23 heavy (non-hydrogen) atoms. The van der Waals surface area contributed by atoms with Crippen LogP contribution in [0, 0.1) is 0 Å². The lowest BCUT2D eigenvalue weighted by molar-refractivity contribution is 0.0628. The molecule has 1 heterocycles. The van der Waals surface area contributed by atoms with Crippen molar-refractivity contribution >= 4 is 22.0 Å². The van der Waals surface area contributed by atoms with Crippen molar-refractivity contribution < 1.29 is 9.53 Å². The van der Waals surface area contributed by atoms with Gasteiger partial charge in [0.2, 0.25) is 0 Å². The highest BCUT2D eigenvalue weighted by Gasteiger charge is 2.31. The van der Waals surface area contributed by atoms with E-state index in [0.717, 1.165) is 49.9 Å². The maximum atomic E-state index is 12.0. The summed E-state index contributed by atoms with van der Waals surface area (Å²) in [6, 6.07) is 7.15. The van der Waals surface area contributed by atoms with Crippen LogP contribution >= 0.6 is 15.9 Å². The van der Waals surface area contributed by atoms with Crippen molar-refractivity contribution in [3.63, 3.8) is 0 Å². The molecule has 0 aromatic heterocycles. The molecule has 4 nitrogen and oxygen atoms in total. The van der Waals surface area contributed by atoms with E-state index >= 15 is 0 Å². The SMILES string of the molecule is CCCCOC(=O)N1CCN(C2CCc3cc(Br)ccc32)CC1. The molecule has 1 unspecified atom stereocenters. The number of hydrogen-bond acceptors (Lipinski definition) is 3. The van der Waals surface area contributed by atoms with Crippen LogP contribution in [0.2, 0.25) is 0 Å². The Labute approximate surface area is 146 Å². The highest BCUT2D eigenvalue weighted by atomic mass is 79.9. The van der Waals surface area contributed by atoms with Gasteiger partial charge in [0.1, 0.15) is 0 Å². The first-order valence-electron chi connectivity index (χ1n) is 8.63. The van der Waals surface area contributed by atoms with Crippen LogP contribution in [0.15, 0.2) is 22.7 Å². The van der Waals surface area contributed by atoms with E-state index in [0.29, 0.717) is 12.6 Å². The molecule has 1 amide bonds. The highest BCUT2D eigenvalue weighted by molar-refractivity contribution is 9.10. The van der Waals surface area contributed by atoms with E-state index in [1.54, 1.807) is 0 Å². The molecule has 0 saturated carbocycles. The number of halogens is 1. The number of hydrogen-bond donors (Lipinski definition) is 0.